The van der Waals surface area contributed by atoms with Gasteiger partial charge in [-0.25, -0.2) is 18.6 Å². The number of nitrogens with one attached hydrogen (secondary N) is 1. The predicted octanol–water partition coefficient (Wildman–Crippen LogP) is 5.05. The van der Waals surface area contributed by atoms with E-state index in [-0.39, 0.29) is 12.1 Å². The lowest BCUT2D eigenvalue weighted by Crippen LogP contribution is -2.41. The maximum atomic E-state index is 13.0. The molecule has 1 fully saturated rings. The molecule has 1 saturated carbocycles. The van der Waals surface area contributed by atoms with E-state index in [1.165, 1.54) is 17.8 Å². The molecule has 1 aliphatic carbocycles. The minimum atomic E-state index is -2.84. The highest BCUT2D eigenvalue weighted by Gasteiger charge is 2.27. The first-order valence-electron chi connectivity index (χ1n) is 11.7. The minimum Gasteiger partial charge on any atom is -0.464 e. The van der Waals surface area contributed by atoms with E-state index in [0.29, 0.717) is 11.1 Å². The second-order valence-corrected chi connectivity index (χ2v) is 11.2. The second-order valence-electron chi connectivity index (χ2n) is 10.2. The number of ether oxygens (including phenoxy) is 2. The third-order valence-electron chi connectivity index (χ3n) is 5.95. The fraction of sp³-hybridized carbons (Fsp3) is 0.826. The van der Waals surface area contributed by atoms with Crippen LogP contribution in [-0.2, 0) is 17.6 Å². The summed E-state index contributed by atoms with van der Waals surface area (Å²) in [5.74, 6) is -2.15. The lowest BCUT2D eigenvalue weighted by Gasteiger charge is -2.31. The van der Waals surface area contributed by atoms with Gasteiger partial charge < -0.3 is 19.7 Å². The number of halogens is 2. The molecule has 0 unspecified atom stereocenters. The summed E-state index contributed by atoms with van der Waals surface area (Å²) in [6.45, 7) is 8.83. The van der Waals surface area contributed by atoms with Crippen LogP contribution in [0.25, 0.3) is 0 Å². The number of thiazole rings is 1. The van der Waals surface area contributed by atoms with Gasteiger partial charge in [0.05, 0.1) is 5.69 Å². The Balaban J connectivity index is 1.35. The minimum absolute atomic E-state index is 0.213. The standard InChI is InChI=1S/C23H37F2N3O3S/c1-22(2,3)31-20(29)26-17-7-5-16(6-8-17)9-12-28-13-10-18-19(11-14-28)32-21(27-18)30-15-23(4,24)25/h16-17H,5-15H2,1-4H3,(H,26,29). The van der Waals surface area contributed by atoms with Gasteiger partial charge in [-0.3, -0.25) is 0 Å². The molecule has 6 nitrogen and oxygen atoms in total. The van der Waals surface area contributed by atoms with Crippen molar-refractivity contribution in [1.82, 2.24) is 15.2 Å². The number of hydrogen-bond acceptors (Lipinski definition) is 6. The highest BCUT2D eigenvalue weighted by atomic mass is 32.1. The van der Waals surface area contributed by atoms with Crippen molar-refractivity contribution in [2.75, 3.05) is 26.2 Å². The molecule has 32 heavy (non-hydrogen) atoms. The van der Waals surface area contributed by atoms with E-state index in [1.54, 1.807) is 0 Å². The summed E-state index contributed by atoms with van der Waals surface area (Å²) in [6, 6.07) is 0.213. The van der Waals surface area contributed by atoms with Crippen molar-refractivity contribution in [3.05, 3.63) is 10.6 Å². The molecule has 0 atom stereocenters. The summed E-state index contributed by atoms with van der Waals surface area (Å²) in [6.07, 6.45) is 6.85. The van der Waals surface area contributed by atoms with Crippen LogP contribution in [0.3, 0.4) is 0 Å². The van der Waals surface area contributed by atoms with Crippen LogP contribution in [0.15, 0.2) is 0 Å². The van der Waals surface area contributed by atoms with Crippen LogP contribution >= 0.6 is 11.3 Å². The van der Waals surface area contributed by atoms with E-state index in [4.69, 9.17) is 9.47 Å². The Kier molecular flexibility index (Phi) is 8.36. The third kappa shape index (κ3) is 8.46. The van der Waals surface area contributed by atoms with Crippen LogP contribution in [0.1, 0.15) is 70.4 Å². The number of alkyl halides is 2. The summed E-state index contributed by atoms with van der Waals surface area (Å²) in [7, 11) is 0. The lowest BCUT2D eigenvalue weighted by atomic mass is 9.84. The summed E-state index contributed by atoms with van der Waals surface area (Å²) in [4.78, 5) is 20.1. The van der Waals surface area contributed by atoms with Gasteiger partial charge in [-0.1, -0.05) is 11.3 Å². The number of aromatic nitrogens is 1. The number of amides is 1. The van der Waals surface area contributed by atoms with Crippen LogP contribution in [-0.4, -0.2) is 59.8 Å². The summed E-state index contributed by atoms with van der Waals surface area (Å²) >= 11 is 1.41. The van der Waals surface area contributed by atoms with E-state index in [1.807, 2.05) is 20.8 Å². The molecule has 1 aliphatic heterocycles. The van der Waals surface area contributed by atoms with E-state index in [9.17, 15) is 13.6 Å². The van der Waals surface area contributed by atoms with Gasteiger partial charge >= 0.3 is 6.09 Å². The summed E-state index contributed by atoms with van der Waals surface area (Å²) in [5.41, 5.74) is 0.534. The van der Waals surface area contributed by atoms with Crippen molar-refractivity contribution in [1.29, 1.82) is 0 Å². The van der Waals surface area contributed by atoms with Gasteiger partial charge in [-0.05, 0) is 71.8 Å². The van der Waals surface area contributed by atoms with Gasteiger partial charge in [-0.15, -0.1) is 0 Å². The van der Waals surface area contributed by atoms with Crippen LogP contribution in [0.4, 0.5) is 13.6 Å². The first-order valence-corrected chi connectivity index (χ1v) is 12.5. The normalized spacial score (nSPS) is 22.7. The Bertz CT molecular complexity index is 727. The molecule has 0 bridgehead atoms. The Morgan fingerprint density at radius 3 is 2.50 bits per heavy atom. The average Bonchev–Trinajstić information content (AvgIpc) is 2.97. The third-order valence-corrected chi connectivity index (χ3v) is 7.02. The Labute approximate surface area is 194 Å². The number of hydrogen-bond donors (Lipinski definition) is 1. The van der Waals surface area contributed by atoms with Gasteiger partial charge in [-0.2, -0.15) is 0 Å². The molecule has 9 heteroatoms. The van der Waals surface area contributed by atoms with Gasteiger partial charge in [0, 0.05) is 37.4 Å². The smallest absolute Gasteiger partial charge is 0.407 e. The molecule has 1 amide bonds. The summed E-state index contributed by atoms with van der Waals surface area (Å²) < 4.78 is 36.5. The maximum Gasteiger partial charge on any atom is 0.407 e. The molecule has 1 aromatic rings. The molecule has 182 valence electrons. The Morgan fingerprint density at radius 1 is 1.16 bits per heavy atom. The van der Waals surface area contributed by atoms with E-state index >= 15 is 0 Å². The predicted molar refractivity (Wildman–Crippen MR) is 122 cm³/mol. The number of carbonyl (C=O) groups excluding carboxylic acids is 1. The van der Waals surface area contributed by atoms with Crippen LogP contribution in [0, 0.1) is 5.92 Å². The molecule has 0 saturated heterocycles. The van der Waals surface area contributed by atoms with Crippen molar-refractivity contribution in [3.63, 3.8) is 0 Å². The number of rotatable bonds is 7. The number of carbonyl (C=O) groups is 1. The molecule has 2 heterocycles. The summed E-state index contributed by atoms with van der Waals surface area (Å²) in [5, 5.41) is 3.37. The van der Waals surface area contributed by atoms with Crippen LogP contribution in [0.5, 0.6) is 5.19 Å². The first kappa shape index (κ1) is 25.1. The number of fused-ring (bicyclic) bond motifs is 1. The zero-order valence-corrected chi connectivity index (χ0v) is 20.5. The Morgan fingerprint density at radius 2 is 1.84 bits per heavy atom. The Hall–Kier alpha value is -1.48. The molecular weight excluding hydrogens is 436 g/mol. The van der Waals surface area contributed by atoms with E-state index in [2.05, 4.69) is 15.2 Å². The van der Waals surface area contributed by atoms with Crippen LogP contribution in [0.2, 0.25) is 0 Å². The van der Waals surface area contributed by atoms with Gasteiger partial charge in [0.1, 0.15) is 5.60 Å². The highest BCUT2D eigenvalue weighted by molar-refractivity contribution is 7.13. The quantitative estimate of drug-likeness (QED) is 0.600. The molecule has 1 aromatic heterocycles. The van der Waals surface area contributed by atoms with Crippen molar-refractivity contribution < 1.29 is 23.0 Å². The van der Waals surface area contributed by atoms with Crippen LogP contribution < -0.4 is 10.1 Å². The van der Waals surface area contributed by atoms with Gasteiger partial charge in [0.25, 0.3) is 11.1 Å². The van der Waals surface area contributed by atoms with Gasteiger partial charge in [0.2, 0.25) is 0 Å². The lowest BCUT2D eigenvalue weighted by molar-refractivity contribution is -0.0230. The monoisotopic (exact) mass is 473 g/mol. The molecule has 2 aliphatic rings. The molecule has 3 rings (SSSR count). The van der Waals surface area contributed by atoms with Crippen molar-refractivity contribution >= 4 is 17.4 Å². The van der Waals surface area contributed by atoms with E-state index < -0.39 is 18.1 Å². The second kappa shape index (κ2) is 10.6. The molecule has 1 N–H and O–H groups in total. The average molecular weight is 474 g/mol. The maximum absolute atomic E-state index is 13.0. The topological polar surface area (TPSA) is 63.7 Å². The number of nitrogens with zero attached hydrogens (tertiary/aromatic N) is 2. The van der Waals surface area contributed by atoms with E-state index in [0.717, 1.165) is 75.7 Å². The zero-order chi connectivity index (χ0) is 23.4. The molecule has 0 spiro atoms. The van der Waals surface area contributed by atoms with Gasteiger partial charge in [0.15, 0.2) is 6.61 Å². The first-order chi connectivity index (χ1) is 15.0. The zero-order valence-electron chi connectivity index (χ0n) is 19.7. The molecule has 0 aromatic carbocycles. The largest absolute Gasteiger partial charge is 0.464 e. The molecule has 0 radical (unpaired) electrons. The van der Waals surface area contributed by atoms with Crippen molar-refractivity contribution in [3.8, 4) is 5.19 Å². The van der Waals surface area contributed by atoms with Crippen molar-refractivity contribution in [2.24, 2.45) is 5.92 Å². The number of alkyl carbamates (subject to hydrolysis) is 1. The SMILES string of the molecule is CC(F)(F)COc1nc2c(s1)CCN(CCC1CCC(NC(=O)OC(C)(C)C)CC1)CC2. The fourth-order valence-electron chi connectivity index (χ4n) is 4.29. The van der Waals surface area contributed by atoms with Crippen molar-refractivity contribution in [2.45, 2.75) is 90.2 Å². The fourth-order valence-corrected chi connectivity index (χ4v) is 5.24. The highest BCUT2D eigenvalue weighted by Crippen LogP contribution is 2.30. The molecular formula is C23H37F2N3O3S.